The molecule has 0 aliphatic carbocycles. The van der Waals surface area contributed by atoms with Crippen molar-refractivity contribution in [1.29, 1.82) is 0 Å². The number of hydrazone groups is 2. The number of hydrogen-bond acceptors (Lipinski definition) is 6. The molecule has 1 N–H and O–H groups in total. The molecular weight excluding hydrogens is 308 g/mol. The minimum absolute atomic E-state index is 0.287. The molecule has 1 atom stereocenters. The van der Waals surface area contributed by atoms with E-state index < -0.39 is 22.9 Å². The maximum absolute atomic E-state index is 12.6. The molecule has 1 radical (unpaired) electrons. The lowest BCUT2D eigenvalue weighted by atomic mass is 10.2. The Hall–Kier alpha value is -0.933. The third-order valence-electron chi connectivity index (χ3n) is 4.32. The molecular formula is C12H23N4O3SSi. The van der Waals surface area contributed by atoms with Gasteiger partial charge in [0.15, 0.2) is 6.23 Å². The van der Waals surface area contributed by atoms with E-state index in [4.69, 9.17) is 4.74 Å². The van der Waals surface area contributed by atoms with Gasteiger partial charge in [0.25, 0.3) is 0 Å². The summed E-state index contributed by atoms with van der Waals surface area (Å²) in [6, 6.07) is 0. The standard InChI is InChI=1S/C12H23N4O3SSi/c1-12(2,3)21(4,5)20(17,18)15-14-10-9-13-16-7-6-8-19-11(10)16/h6,9,11,15H,7-8H2,1-5H3. The summed E-state index contributed by atoms with van der Waals surface area (Å²) in [7, 11) is -6.08. The van der Waals surface area contributed by atoms with E-state index >= 15 is 0 Å². The summed E-state index contributed by atoms with van der Waals surface area (Å²) < 4.78 is 30.6. The summed E-state index contributed by atoms with van der Waals surface area (Å²) in [4.78, 5) is 2.39. The summed E-state index contributed by atoms with van der Waals surface area (Å²) in [5.41, 5.74) is 0.491. The van der Waals surface area contributed by atoms with Crippen molar-refractivity contribution in [2.45, 2.75) is 45.1 Å². The fourth-order valence-corrected chi connectivity index (χ4v) is 6.28. The Kier molecular flexibility index (Phi) is 4.20. The van der Waals surface area contributed by atoms with Crippen molar-refractivity contribution < 1.29 is 13.2 Å². The van der Waals surface area contributed by atoms with Crippen molar-refractivity contribution >= 4 is 28.6 Å². The fraction of sp³-hybridized carbons (Fsp3) is 0.750. The summed E-state index contributed by atoms with van der Waals surface area (Å²) in [5, 5.41) is 9.63. The molecule has 2 aliphatic heterocycles. The maximum Gasteiger partial charge on any atom is 0.222 e. The topological polar surface area (TPSA) is 83.4 Å². The third kappa shape index (κ3) is 2.99. The minimum atomic E-state index is -3.48. The van der Waals surface area contributed by atoms with Gasteiger partial charge < -0.3 is 4.74 Å². The Labute approximate surface area is 127 Å². The molecule has 0 bridgehead atoms. The first-order valence-electron chi connectivity index (χ1n) is 6.89. The van der Waals surface area contributed by atoms with Gasteiger partial charge >= 0.3 is 0 Å². The molecule has 0 saturated carbocycles. The van der Waals surface area contributed by atoms with E-state index in [1.807, 2.05) is 40.3 Å². The van der Waals surface area contributed by atoms with Crippen LogP contribution < -0.4 is 4.83 Å². The molecule has 2 rings (SSSR count). The quantitative estimate of drug-likeness (QED) is 0.621. The molecule has 0 aromatic rings. The Balaban J connectivity index is 2.15. The van der Waals surface area contributed by atoms with Crippen LogP contribution >= 0.6 is 0 Å². The lowest BCUT2D eigenvalue weighted by molar-refractivity contribution is -0.0222. The largest absolute Gasteiger partial charge is 0.350 e. The highest BCUT2D eigenvalue weighted by Gasteiger charge is 2.48. The zero-order valence-corrected chi connectivity index (χ0v) is 14.9. The average Bonchev–Trinajstić information content (AvgIpc) is 2.78. The molecule has 7 nitrogen and oxygen atoms in total. The van der Waals surface area contributed by atoms with Crippen LogP contribution in [0.15, 0.2) is 10.2 Å². The van der Waals surface area contributed by atoms with Crippen LogP contribution in [0.25, 0.3) is 0 Å². The third-order valence-corrected chi connectivity index (χ3v) is 15.8. The number of rotatable bonds is 3. The van der Waals surface area contributed by atoms with Gasteiger partial charge in [-0.2, -0.15) is 10.2 Å². The SMILES string of the molecule is CC(C)(C)[Si](C)(C)S(=O)(=O)NN=C1C=NN2C[CH]COC12. The van der Waals surface area contributed by atoms with E-state index in [1.54, 1.807) is 5.01 Å². The van der Waals surface area contributed by atoms with E-state index in [1.165, 1.54) is 6.21 Å². The zero-order chi connectivity index (χ0) is 15.9. The van der Waals surface area contributed by atoms with Crippen LogP contribution in [0.5, 0.6) is 0 Å². The average molecular weight is 331 g/mol. The second kappa shape index (κ2) is 5.36. The van der Waals surface area contributed by atoms with Gasteiger partial charge in [0.2, 0.25) is 16.7 Å². The second-order valence-electron chi connectivity index (χ2n) is 6.73. The molecule has 2 aliphatic rings. The Morgan fingerprint density at radius 2 is 2.14 bits per heavy atom. The first kappa shape index (κ1) is 16.4. The number of hydrogen-bond donors (Lipinski definition) is 1. The molecule has 1 saturated heterocycles. The van der Waals surface area contributed by atoms with Crippen LogP contribution in [0.2, 0.25) is 18.1 Å². The Bertz CT molecular complexity index is 566. The lowest BCUT2D eigenvalue weighted by Gasteiger charge is -2.34. The van der Waals surface area contributed by atoms with Crippen LogP contribution in [0.3, 0.4) is 0 Å². The van der Waals surface area contributed by atoms with Gasteiger partial charge in [-0.05, 0) is 5.04 Å². The van der Waals surface area contributed by atoms with Crippen LogP contribution in [0.4, 0.5) is 0 Å². The molecule has 0 amide bonds. The number of nitrogens with zero attached hydrogens (tertiary/aromatic N) is 3. The predicted octanol–water partition coefficient (Wildman–Crippen LogP) is 1.13. The highest BCUT2D eigenvalue weighted by Crippen LogP contribution is 2.39. The van der Waals surface area contributed by atoms with Crippen LogP contribution in [0, 0.1) is 6.42 Å². The summed E-state index contributed by atoms with van der Waals surface area (Å²) in [5.74, 6) is 0. The smallest absolute Gasteiger partial charge is 0.222 e. The van der Waals surface area contributed by atoms with Crippen molar-refractivity contribution in [3.63, 3.8) is 0 Å². The first-order chi connectivity index (χ1) is 9.56. The van der Waals surface area contributed by atoms with Gasteiger partial charge in [0.05, 0.1) is 12.8 Å². The van der Waals surface area contributed by atoms with Gasteiger partial charge in [-0.15, -0.1) is 0 Å². The minimum Gasteiger partial charge on any atom is -0.350 e. The Morgan fingerprint density at radius 3 is 2.76 bits per heavy atom. The van der Waals surface area contributed by atoms with E-state index in [0.717, 1.165) is 0 Å². The van der Waals surface area contributed by atoms with Crippen molar-refractivity contribution in [1.82, 2.24) is 9.84 Å². The van der Waals surface area contributed by atoms with Gasteiger partial charge in [-0.25, -0.2) is 13.2 Å². The molecule has 2 heterocycles. The van der Waals surface area contributed by atoms with Crippen molar-refractivity contribution in [3.8, 4) is 0 Å². The number of fused-ring (bicyclic) bond motifs is 1. The van der Waals surface area contributed by atoms with E-state index in [2.05, 4.69) is 15.0 Å². The van der Waals surface area contributed by atoms with Crippen molar-refractivity contribution in [2.75, 3.05) is 13.2 Å². The van der Waals surface area contributed by atoms with Crippen LogP contribution in [-0.2, 0) is 14.2 Å². The summed E-state index contributed by atoms with van der Waals surface area (Å²) >= 11 is 0. The number of nitrogens with one attached hydrogen (secondary N) is 1. The molecule has 1 unspecified atom stereocenters. The van der Waals surface area contributed by atoms with Gasteiger partial charge in [-0.1, -0.05) is 33.9 Å². The maximum atomic E-state index is 12.6. The second-order valence-corrected chi connectivity index (χ2v) is 17.1. The van der Waals surface area contributed by atoms with Crippen LogP contribution in [0.1, 0.15) is 20.8 Å². The molecule has 119 valence electrons. The van der Waals surface area contributed by atoms with Gasteiger partial charge in [-0.3, -0.25) is 5.01 Å². The van der Waals surface area contributed by atoms with E-state index in [0.29, 0.717) is 18.9 Å². The highest BCUT2D eigenvalue weighted by molar-refractivity contribution is 8.20. The number of ether oxygens (including phenoxy) is 1. The zero-order valence-electron chi connectivity index (χ0n) is 13.1. The monoisotopic (exact) mass is 331 g/mol. The van der Waals surface area contributed by atoms with Crippen LogP contribution in [-0.4, -0.2) is 52.0 Å². The van der Waals surface area contributed by atoms with Gasteiger partial charge in [0, 0.05) is 13.0 Å². The molecule has 9 heteroatoms. The van der Waals surface area contributed by atoms with Gasteiger partial charge in [0.1, 0.15) is 5.71 Å². The van der Waals surface area contributed by atoms with Crippen molar-refractivity contribution in [3.05, 3.63) is 6.42 Å². The summed E-state index contributed by atoms with van der Waals surface area (Å²) in [6.45, 7) is 10.7. The first-order valence-corrected chi connectivity index (χ1v) is 12.1. The van der Waals surface area contributed by atoms with E-state index in [-0.39, 0.29) is 5.04 Å². The summed E-state index contributed by atoms with van der Waals surface area (Å²) in [6.07, 6.45) is 3.10. The molecule has 0 aromatic heterocycles. The molecule has 21 heavy (non-hydrogen) atoms. The fourth-order valence-electron chi connectivity index (χ4n) is 1.78. The van der Waals surface area contributed by atoms with Crippen molar-refractivity contribution in [2.24, 2.45) is 10.2 Å². The Morgan fingerprint density at radius 1 is 1.48 bits per heavy atom. The lowest BCUT2D eigenvalue weighted by Crippen LogP contribution is -2.51. The van der Waals surface area contributed by atoms with E-state index in [9.17, 15) is 8.42 Å². The molecule has 1 fully saturated rings. The highest BCUT2D eigenvalue weighted by atomic mass is 32.4. The molecule has 0 aromatic carbocycles. The normalized spacial score (nSPS) is 25.3. The predicted molar refractivity (Wildman–Crippen MR) is 85.9 cm³/mol. The molecule has 0 spiro atoms.